The number of carbonyl (C=O) groups excluding carboxylic acids is 1. The standard InChI is InChI=1S/C18H26N2O/c1-13(12-16-8-9-16)20-14(2)19-17(18(20)21)11-10-15-6-4-3-5-7-15/h3-7,13-14,16-17,19H,8-12H2,1-2H3. The fourth-order valence-electron chi connectivity index (χ4n) is 3.52. The summed E-state index contributed by atoms with van der Waals surface area (Å²) in [4.78, 5) is 14.7. The van der Waals surface area contributed by atoms with Gasteiger partial charge in [0.15, 0.2) is 0 Å². The van der Waals surface area contributed by atoms with Crippen molar-refractivity contribution in [1.29, 1.82) is 0 Å². The second kappa shape index (κ2) is 6.18. The van der Waals surface area contributed by atoms with Crippen molar-refractivity contribution >= 4 is 5.91 Å². The second-order valence-corrected chi connectivity index (χ2v) is 6.69. The maximum atomic E-state index is 12.6. The third-order valence-corrected chi connectivity index (χ3v) is 4.82. The Balaban J connectivity index is 1.56. The van der Waals surface area contributed by atoms with Crippen LogP contribution in [0.5, 0.6) is 0 Å². The number of nitrogens with zero attached hydrogens (tertiary/aromatic N) is 1. The van der Waals surface area contributed by atoms with Gasteiger partial charge in [0, 0.05) is 6.04 Å². The largest absolute Gasteiger partial charge is 0.323 e. The first-order valence-corrected chi connectivity index (χ1v) is 8.27. The molecule has 3 unspecified atom stereocenters. The molecule has 1 aliphatic carbocycles. The van der Waals surface area contributed by atoms with E-state index in [1.165, 1.54) is 24.8 Å². The highest BCUT2D eigenvalue weighted by Crippen LogP contribution is 2.35. The van der Waals surface area contributed by atoms with Crippen LogP contribution in [0, 0.1) is 5.92 Å². The number of carbonyl (C=O) groups is 1. The summed E-state index contributed by atoms with van der Waals surface area (Å²) < 4.78 is 0. The van der Waals surface area contributed by atoms with E-state index in [1.54, 1.807) is 0 Å². The summed E-state index contributed by atoms with van der Waals surface area (Å²) in [6, 6.07) is 10.8. The van der Waals surface area contributed by atoms with Crippen molar-refractivity contribution in [3.63, 3.8) is 0 Å². The Labute approximate surface area is 127 Å². The first kappa shape index (κ1) is 14.6. The molecule has 1 aromatic carbocycles. The Morgan fingerprint density at radius 3 is 2.67 bits per heavy atom. The molecule has 0 radical (unpaired) electrons. The zero-order chi connectivity index (χ0) is 14.8. The van der Waals surface area contributed by atoms with Gasteiger partial charge in [0.1, 0.15) is 0 Å². The maximum Gasteiger partial charge on any atom is 0.241 e. The van der Waals surface area contributed by atoms with Gasteiger partial charge in [-0.15, -0.1) is 0 Å². The monoisotopic (exact) mass is 286 g/mol. The molecule has 21 heavy (non-hydrogen) atoms. The molecule has 114 valence electrons. The maximum absolute atomic E-state index is 12.6. The molecule has 1 amide bonds. The van der Waals surface area contributed by atoms with E-state index in [2.05, 4.69) is 48.3 Å². The van der Waals surface area contributed by atoms with Gasteiger partial charge in [-0.05, 0) is 44.6 Å². The van der Waals surface area contributed by atoms with Crippen molar-refractivity contribution in [2.45, 2.75) is 64.2 Å². The van der Waals surface area contributed by atoms with Crippen LogP contribution in [0.1, 0.15) is 45.1 Å². The summed E-state index contributed by atoms with van der Waals surface area (Å²) in [5.41, 5.74) is 1.31. The molecule has 1 saturated carbocycles. The van der Waals surface area contributed by atoms with Crippen molar-refractivity contribution in [1.82, 2.24) is 10.2 Å². The van der Waals surface area contributed by atoms with Crippen LogP contribution in [0.15, 0.2) is 30.3 Å². The summed E-state index contributed by atoms with van der Waals surface area (Å²) in [6.45, 7) is 4.32. The third kappa shape index (κ3) is 3.46. The van der Waals surface area contributed by atoms with Gasteiger partial charge in [0.25, 0.3) is 0 Å². The minimum atomic E-state index is -0.0122. The second-order valence-electron chi connectivity index (χ2n) is 6.69. The molecular formula is C18H26N2O. The van der Waals surface area contributed by atoms with Crippen molar-refractivity contribution in [2.75, 3.05) is 0 Å². The Hall–Kier alpha value is -1.35. The third-order valence-electron chi connectivity index (χ3n) is 4.82. The molecule has 2 aliphatic rings. The number of aryl methyl sites for hydroxylation is 1. The van der Waals surface area contributed by atoms with Crippen LogP contribution in [0.4, 0.5) is 0 Å². The quantitative estimate of drug-likeness (QED) is 0.872. The normalized spacial score (nSPS) is 27.1. The van der Waals surface area contributed by atoms with Gasteiger partial charge in [-0.2, -0.15) is 0 Å². The van der Waals surface area contributed by atoms with Gasteiger partial charge in [-0.3, -0.25) is 10.1 Å². The van der Waals surface area contributed by atoms with Gasteiger partial charge in [0.2, 0.25) is 5.91 Å². The smallest absolute Gasteiger partial charge is 0.241 e. The number of amides is 1. The van der Waals surface area contributed by atoms with Gasteiger partial charge < -0.3 is 4.90 Å². The predicted octanol–water partition coefficient (Wildman–Crippen LogP) is 2.95. The molecule has 0 bridgehead atoms. The number of hydrogen-bond acceptors (Lipinski definition) is 2. The Bertz CT molecular complexity index is 483. The van der Waals surface area contributed by atoms with Crippen LogP contribution in [0.2, 0.25) is 0 Å². The zero-order valence-corrected chi connectivity index (χ0v) is 13.1. The summed E-state index contributed by atoms with van der Waals surface area (Å²) >= 11 is 0. The van der Waals surface area contributed by atoms with E-state index in [0.29, 0.717) is 11.9 Å². The fourth-order valence-corrected chi connectivity index (χ4v) is 3.52. The molecule has 3 heteroatoms. The van der Waals surface area contributed by atoms with Crippen molar-refractivity contribution in [3.05, 3.63) is 35.9 Å². The van der Waals surface area contributed by atoms with Crippen LogP contribution < -0.4 is 5.32 Å². The van der Waals surface area contributed by atoms with E-state index in [9.17, 15) is 4.79 Å². The van der Waals surface area contributed by atoms with E-state index >= 15 is 0 Å². The number of benzene rings is 1. The van der Waals surface area contributed by atoms with Gasteiger partial charge in [-0.25, -0.2) is 0 Å². The van der Waals surface area contributed by atoms with Crippen molar-refractivity contribution in [2.24, 2.45) is 5.92 Å². The molecule has 0 aromatic heterocycles. The fraction of sp³-hybridized carbons (Fsp3) is 0.611. The first-order chi connectivity index (χ1) is 10.1. The van der Waals surface area contributed by atoms with E-state index in [4.69, 9.17) is 0 Å². The van der Waals surface area contributed by atoms with E-state index in [0.717, 1.165) is 18.8 Å². The lowest BCUT2D eigenvalue weighted by atomic mass is 10.0. The average molecular weight is 286 g/mol. The van der Waals surface area contributed by atoms with Crippen LogP contribution in [-0.4, -0.2) is 29.1 Å². The van der Waals surface area contributed by atoms with Crippen LogP contribution >= 0.6 is 0 Å². The Morgan fingerprint density at radius 2 is 2.00 bits per heavy atom. The molecule has 1 N–H and O–H groups in total. The lowest BCUT2D eigenvalue weighted by molar-refractivity contribution is -0.132. The summed E-state index contributed by atoms with van der Waals surface area (Å²) in [6.07, 6.45) is 5.90. The summed E-state index contributed by atoms with van der Waals surface area (Å²) in [5, 5.41) is 3.47. The molecule has 1 saturated heterocycles. The van der Waals surface area contributed by atoms with Gasteiger partial charge >= 0.3 is 0 Å². The van der Waals surface area contributed by atoms with Crippen LogP contribution in [0.3, 0.4) is 0 Å². The first-order valence-electron chi connectivity index (χ1n) is 8.27. The minimum absolute atomic E-state index is 0.0122. The molecule has 2 fully saturated rings. The molecule has 3 nitrogen and oxygen atoms in total. The molecule has 3 atom stereocenters. The number of nitrogens with one attached hydrogen (secondary N) is 1. The lowest BCUT2D eigenvalue weighted by Gasteiger charge is -2.28. The highest BCUT2D eigenvalue weighted by Gasteiger charge is 2.39. The van der Waals surface area contributed by atoms with Crippen LogP contribution in [-0.2, 0) is 11.2 Å². The highest BCUT2D eigenvalue weighted by atomic mass is 16.2. The molecule has 1 aromatic rings. The van der Waals surface area contributed by atoms with Crippen molar-refractivity contribution < 1.29 is 4.79 Å². The SMILES string of the molecule is CC(CC1CC1)N1C(=O)C(CCc2ccccc2)NC1C. The molecule has 0 spiro atoms. The summed E-state index contributed by atoms with van der Waals surface area (Å²) in [5.74, 6) is 1.16. The molecular weight excluding hydrogens is 260 g/mol. The predicted molar refractivity (Wildman–Crippen MR) is 84.8 cm³/mol. The Kier molecular flexibility index (Phi) is 4.29. The highest BCUT2D eigenvalue weighted by molar-refractivity contribution is 5.84. The molecule has 3 rings (SSSR count). The van der Waals surface area contributed by atoms with Crippen molar-refractivity contribution in [3.8, 4) is 0 Å². The van der Waals surface area contributed by atoms with E-state index in [1.807, 2.05) is 6.07 Å². The lowest BCUT2D eigenvalue weighted by Crippen LogP contribution is -2.41. The van der Waals surface area contributed by atoms with Gasteiger partial charge in [-0.1, -0.05) is 43.2 Å². The van der Waals surface area contributed by atoms with Gasteiger partial charge in [0.05, 0.1) is 12.2 Å². The van der Waals surface area contributed by atoms with E-state index < -0.39 is 0 Å². The molecule has 1 aliphatic heterocycles. The Morgan fingerprint density at radius 1 is 1.29 bits per heavy atom. The number of rotatable bonds is 6. The average Bonchev–Trinajstić information content (AvgIpc) is 3.23. The van der Waals surface area contributed by atoms with Crippen LogP contribution in [0.25, 0.3) is 0 Å². The topological polar surface area (TPSA) is 32.3 Å². The minimum Gasteiger partial charge on any atom is -0.323 e. The molecule has 1 heterocycles. The van der Waals surface area contributed by atoms with E-state index in [-0.39, 0.29) is 12.2 Å². The number of hydrogen-bond donors (Lipinski definition) is 1. The summed E-state index contributed by atoms with van der Waals surface area (Å²) in [7, 11) is 0. The zero-order valence-electron chi connectivity index (χ0n) is 13.1.